The van der Waals surface area contributed by atoms with Crippen LogP contribution in [0.4, 0.5) is 0 Å². The topological polar surface area (TPSA) is 15.3 Å². The van der Waals surface area contributed by atoms with E-state index in [9.17, 15) is 0 Å². The molecule has 1 aliphatic rings. The van der Waals surface area contributed by atoms with E-state index in [0.717, 1.165) is 17.9 Å². The molecule has 1 saturated carbocycles. The summed E-state index contributed by atoms with van der Waals surface area (Å²) in [7, 11) is 2.15. The average molecular weight is 254 g/mol. The molecule has 0 amide bonds. The van der Waals surface area contributed by atoms with Crippen molar-refractivity contribution in [2.24, 2.45) is 11.8 Å². The molecule has 0 aliphatic heterocycles. The van der Waals surface area contributed by atoms with Crippen molar-refractivity contribution >= 4 is 0 Å². The summed E-state index contributed by atoms with van der Waals surface area (Å²) in [6, 6.07) is 0.739. The highest BCUT2D eigenvalue weighted by molar-refractivity contribution is 4.81. The lowest BCUT2D eigenvalue weighted by molar-refractivity contribution is 0.197. The Hall–Kier alpha value is -0.0800. The molecule has 0 spiro atoms. The van der Waals surface area contributed by atoms with Gasteiger partial charge in [-0.3, -0.25) is 0 Å². The number of nitrogens with one attached hydrogen (secondary N) is 1. The summed E-state index contributed by atoms with van der Waals surface area (Å²) >= 11 is 0. The van der Waals surface area contributed by atoms with E-state index in [1.54, 1.807) is 0 Å². The summed E-state index contributed by atoms with van der Waals surface area (Å²) in [6.07, 6.45) is 8.52. The van der Waals surface area contributed by atoms with Crippen LogP contribution >= 0.6 is 0 Å². The smallest absolute Gasteiger partial charge is 0.0104 e. The highest BCUT2D eigenvalue weighted by Crippen LogP contribution is 2.33. The Morgan fingerprint density at radius 1 is 1.06 bits per heavy atom. The molecule has 1 unspecified atom stereocenters. The zero-order valence-corrected chi connectivity index (χ0v) is 13.0. The van der Waals surface area contributed by atoms with Gasteiger partial charge < -0.3 is 10.2 Å². The Labute approximate surface area is 115 Å². The van der Waals surface area contributed by atoms with Crippen molar-refractivity contribution in [2.45, 2.75) is 65.3 Å². The Bertz CT molecular complexity index is 193. The molecule has 0 radical (unpaired) electrons. The highest BCUT2D eigenvalue weighted by Gasteiger charge is 2.25. The summed E-state index contributed by atoms with van der Waals surface area (Å²) in [5, 5.41) is 3.58. The van der Waals surface area contributed by atoms with Crippen LogP contribution in [0.15, 0.2) is 0 Å². The van der Waals surface area contributed by atoms with Crippen molar-refractivity contribution in [1.29, 1.82) is 0 Å². The van der Waals surface area contributed by atoms with E-state index in [-0.39, 0.29) is 0 Å². The van der Waals surface area contributed by atoms with Crippen LogP contribution < -0.4 is 5.32 Å². The van der Waals surface area contributed by atoms with Gasteiger partial charge in [0.15, 0.2) is 0 Å². The minimum absolute atomic E-state index is 0.739. The molecule has 1 atom stereocenters. The minimum atomic E-state index is 0.739. The maximum absolute atomic E-state index is 3.58. The predicted molar refractivity (Wildman–Crippen MR) is 81.0 cm³/mol. The number of rotatable bonds is 8. The first-order valence-corrected chi connectivity index (χ1v) is 8.14. The third-order valence-corrected chi connectivity index (χ3v) is 5.06. The molecule has 0 heterocycles. The van der Waals surface area contributed by atoms with E-state index >= 15 is 0 Å². The van der Waals surface area contributed by atoms with E-state index in [1.807, 2.05) is 0 Å². The Morgan fingerprint density at radius 2 is 1.67 bits per heavy atom. The largest absolute Gasteiger partial charge is 0.317 e. The molecule has 1 aliphatic carbocycles. The van der Waals surface area contributed by atoms with E-state index < -0.39 is 0 Å². The van der Waals surface area contributed by atoms with Crippen molar-refractivity contribution in [3.63, 3.8) is 0 Å². The van der Waals surface area contributed by atoms with Gasteiger partial charge in [-0.1, -0.05) is 40.0 Å². The van der Waals surface area contributed by atoms with E-state index in [1.165, 1.54) is 58.2 Å². The molecule has 0 saturated heterocycles. The molecule has 0 aromatic rings. The molecule has 18 heavy (non-hydrogen) atoms. The van der Waals surface area contributed by atoms with Crippen LogP contribution in [-0.2, 0) is 0 Å². The van der Waals surface area contributed by atoms with E-state index in [4.69, 9.17) is 0 Å². The second kappa shape index (κ2) is 8.92. The second-order valence-electron chi connectivity index (χ2n) is 5.90. The Kier molecular flexibility index (Phi) is 7.92. The fourth-order valence-corrected chi connectivity index (χ4v) is 3.48. The molecule has 108 valence electrons. The molecule has 0 bridgehead atoms. The third-order valence-electron chi connectivity index (χ3n) is 5.06. The van der Waals surface area contributed by atoms with Gasteiger partial charge in [-0.05, 0) is 57.8 Å². The molecule has 0 aromatic heterocycles. The van der Waals surface area contributed by atoms with Crippen LogP contribution in [0.3, 0.4) is 0 Å². The minimum Gasteiger partial charge on any atom is -0.317 e. The van der Waals surface area contributed by atoms with Crippen molar-refractivity contribution in [2.75, 3.05) is 26.7 Å². The lowest BCUT2D eigenvalue weighted by Crippen LogP contribution is -2.39. The number of nitrogens with zero attached hydrogens (tertiary/aromatic N) is 1. The van der Waals surface area contributed by atoms with Gasteiger partial charge in [-0.2, -0.15) is 0 Å². The van der Waals surface area contributed by atoms with Crippen LogP contribution in [0, 0.1) is 11.8 Å². The van der Waals surface area contributed by atoms with Gasteiger partial charge >= 0.3 is 0 Å². The Balaban J connectivity index is 2.32. The van der Waals surface area contributed by atoms with Crippen LogP contribution in [0.5, 0.6) is 0 Å². The van der Waals surface area contributed by atoms with Gasteiger partial charge in [0.05, 0.1) is 0 Å². The average Bonchev–Trinajstić information content (AvgIpc) is 2.44. The number of hydrogen-bond acceptors (Lipinski definition) is 2. The Morgan fingerprint density at radius 3 is 2.11 bits per heavy atom. The first-order valence-electron chi connectivity index (χ1n) is 8.14. The zero-order valence-electron chi connectivity index (χ0n) is 13.0. The normalized spacial score (nSPS) is 26.5. The fourth-order valence-electron chi connectivity index (χ4n) is 3.48. The van der Waals surface area contributed by atoms with Crippen molar-refractivity contribution in [3.05, 3.63) is 0 Å². The molecular formula is C16H34N2. The number of hydrogen-bond donors (Lipinski definition) is 1. The van der Waals surface area contributed by atoms with Gasteiger partial charge in [0, 0.05) is 6.04 Å². The summed E-state index contributed by atoms with van der Waals surface area (Å²) in [4.78, 5) is 2.54. The molecule has 0 aromatic carbocycles. The monoisotopic (exact) mass is 254 g/mol. The molecule has 2 heteroatoms. The highest BCUT2D eigenvalue weighted by atomic mass is 15.1. The summed E-state index contributed by atoms with van der Waals surface area (Å²) in [5.41, 5.74) is 0. The zero-order chi connectivity index (χ0) is 13.4. The SMILES string of the molecule is CCC1CCC(C(CCN(CC)CC)NC)CC1. The maximum Gasteiger partial charge on any atom is 0.0104 e. The second-order valence-corrected chi connectivity index (χ2v) is 5.90. The van der Waals surface area contributed by atoms with Crippen LogP contribution in [0.1, 0.15) is 59.3 Å². The van der Waals surface area contributed by atoms with E-state index in [2.05, 4.69) is 38.0 Å². The van der Waals surface area contributed by atoms with E-state index in [0.29, 0.717) is 0 Å². The third kappa shape index (κ3) is 4.89. The van der Waals surface area contributed by atoms with Gasteiger partial charge in [-0.15, -0.1) is 0 Å². The first-order chi connectivity index (χ1) is 8.74. The van der Waals surface area contributed by atoms with Crippen molar-refractivity contribution < 1.29 is 0 Å². The first kappa shape index (κ1) is 16.0. The fraction of sp³-hybridized carbons (Fsp3) is 1.00. The van der Waals surface area contributed by atoms with Crippen LogP contribution in [-0.4, -0.2) is 37.6 Å². The molecule has 2 nitrogen and oxygen atoms in total. The quantitative estimate of drug-likeness (QED) is 0.713. The predicted octanol–water partition coefficient (Wildman–Crippen LogP) is 3.52. The lowest BCUT2D eigenvalue weighted by Gasteiger charge is -2.34. The van der Waals surface area contributed by atoms with Crippen molar-refractivity contribution in [1.82, 2.24) is 10.2 Å². The molecular weight excluding hydrogens is 220 g/mol. The van der Waals surface area contributed by atoms with Crippen molar-refractivity contribution in [3.8, 4) is 0 Å². The van der Waals surface area contributed by atoms with Gasteiger partial charge in [0.2, 0.25) is 0 Å². The maximum atomic E-state index is 3.58. The summed E-state index contributed by atoms with van der Waals surface area (Å²) in [6.45, 7) is 10.5. The van der Waals surface area contributed by atoms with Gasteiger partial charge in [0.1, 0.15) is 0 Å². The molecule has 1 rings (SSSR count). The lowest BCUT2D eigenvalue weighted by atomic mass is 9.77. The van der Waals surface area contributed by atoms with Gasteiger partial charge in [0.25, 0.3) is 0 Å². The van der Waals surface area contributed by atoms with Crippen LogP contribution in [0.25, 0.3) is 0 Å². The summed E-state index contributed by atoms with van der Waals surface area (Å²) in [5.74, 6) is 1.94. The molecule has 1 fully saturated rings. The molecule has 1 N–H and O–H groups in total. The van der Waals surface area contributed by atoms with Crippen LogP contribution in [0.2, 0.25) is 0 Å². The summed E-state index contributed by atoms with van der Waals surface area (Å²) < 4.78 is 0. The standard InChI is InChI=1S/C16H34N2/c1-5-14-8-10-15(11-9-14)16(17-4)12-13-18(6-2)7-3/h14-17H,5-13H2,1-4H3. The van der Waals surface area contributed by atoms with Gasteiger partial charge in [-0.25, -0.2) is 0 Å².